The summed E-state index contributed by atoms with van der Waals surface area (Å²) in [5.74, 6) is 0.319. The quantitative estimate of drug-likeness (QED) is 0.307. The predicted molar refractivity (Wildman–Crippen MR) is 182 cm³/mol. The van der Waals surface area contributed by atoms with Gasteiger partial charge in [0.2, 0.25) is 5.91 Å². The van der Waals surface area contributed by atoms with Crippen LogP contribution in [0.15, 0.2) is 43.0 Å². The number of carbonyl (C=O) groups excluding carboxylic acids is 2. The van der Waals surface area contributed by atoms with Gasteiger partial charge in [0.1, 0.15) is 12.1 Å². The van der Waals surface area contributed by atoms with E-state index in [1.807, 2.05) is 36.4 Å². The average Bonchev–Trinajstić information content (AvgIpc) is 3.42. The minimum atomic E-state index is -0.663. The van der Waals surface area contributed by atoms with Gasteiger partial charge in [0.05, 0.1) is 28.8 Å². The van der Waals surface area contributed by atoms with Crippen molar-refractivity contribution >= 4 is 35.2 Å². The van der Waals surface area contributed by atoms with Crippen molar-refractivity contribution in [3.63, 3.8) is 0 Å². The van der Waals surface area contributed by atoms with E-state index in [1.54, 1.807) is 11.1 Å². The smallest absolute Gasteiger partial charge is 0.410 e. The summed E-state index contributed by atoms with van der Waals surface area (Å²) in [5, 5.41) is 1.31. The summed E-state index contributed by atoms with van der Waals surface area (Å²) < 4.78 is 8.21. The fraction of sp³-hybridized carbons (Fsp3) is 0.556. The minimum Gasteiger partial charge on any atom is -0.446 e. The summed E-state index contributed by atoms with van der Waals surface area (Å²) in [6, 6.07) is 7.24. The number of rotatable bonds is 5. The molecule has 0 radical (unpaired) electrons. The maximum absolute atomic E-state index is 14.6. The number of halogens is 2. The van der Waals surface area contributed by atoms with Crippen molar-refractivity contribution in [3.8, 4) is 0 Å². The summed E-state index contributed by atoms with van der Waals surface area (Å²) in [6.45, 7) is 5.53. The summed E-state index contributed by atoms with van der Waals surface area (Å²) in [5.41, 5.74) is 5.36. The van der Waals surface area contributed by atoms with Crippen LogP contribution in [0.5, 0.6) is 0 Å². The minimum absolute atomic E-state index is 0.00366. The lowest BCUT2D eigenvalue weighted by Crippen LogP contribution is -2.62. The maximum atomic E-state index is 14.6. The highest BCUT2D eigenvalue weighted by atomic mass is 35.5. The number of aromatic nitrogens is 3. The number of likely N-dealkylation sites (tertiary alicyclic amines) is 1. The number of hydrogen-bond donors (Lipinski definition) is 0. The fourth-order valence-electron chi connectivity index (χ4n) is 8.14. The Hall–Kier alpha value is -3.14. The van der Waals surface area contributed by atoms with Crippen LogP contribution in [-0.2, 0) is 28.9 Å². The van der Waals surface area contributed by atoms with Crippen LogP contribution in [0, 0.1) is 12.8 Å². The molecular weight excluding hydrogens is 635 g/mol. The lowest BCUT2D eigenvalue weighted by molar-refractivity contribution is -0.141. The predicted octanol–water partition coefficient (Wildman–Crippen LogP) is 6.48. The third kappa shape index (κ3) is 7.18. The van der Waals surface area contributed by atoms with Gasteiger partial charge >= 0.3 is 6.09 Å². The van der Waals surface area contributed by atoms with E-state index in [4.69, 9.17) is 32.9 Å². The highest BCUT2D eigenvalue weighted by Crippen LogP contribution is 2.39. The molecule has 1 aromatic carbocycles. The van der Waals surface area contributed by atoms with Crippen molar-refractivity contribution in [3.05, 3.63) is 81.1 Å². The third-order valence-corrected chi connectivity index (χ3v) is 10.9. The molecule has 3 aromatic rings. The lowest BCUT2D eigenvalue weighted by Gasteiger charge is -2.45. The van der Waals surface area contributed by atoms with Gasteiger partial charge in [-0.2, -0.15) is 0 Å². The zero-order valence-electron chi connectivity index (χ0n) is 27.1. The molecular formula is C36H44Cl2N6O3. The zero-order valence-corrected chi connectivity index (χ0v) is 28.6. The molecule has 2 aromatic heterocycles. The molecule has 4 heterocycles. The van der Waals surface area contributed by atoms with Gasteiger partial charge in [0.15, 0.2) is 0 Å². The SMILES string of the molecule is Cc1cn(C[C@H]2CCCN(C(=O)[C@H]3CN(C4c5ccc(Cl)cc5CCc5cc(Cl)cnc54)CCN3C(=O)OC3CCCCC3)C2)cn1. The molecule has 9 nitrogen and oxygen atoms in total. The second-order valence-electron chi connectivity index (χ2n) is 13.8. The second kappa shape index (κ2) is 14.1. The van der Waals surface area contributed by atoms with Crippen LogP contribution in [0.3, 0.4) is 0 Å². The highest BCUT2D eigenvalue weighted by molar-refractivity contribution is 6.30. The molecule has 2 aliphatic heterocycles. The van der Waals surface area contributed by atoms with Crippen molar-refractivity contribution in [2.24, 2.45) is 5.92 Å². The number of fused-ring (bicyclic) bond motifs is 2. The van der Waals surface area contributed by atoms with Crippen LogP contribution < -0.4 is 0 Å². The van der Waals surface area contributed by atoms with E-state index >= 15 is 0 Å². The zero-order chi connectivity index (χ0) is 32.5. The molecule has 7 rings (SSSR count). The molecule has 11 heteroatoms. The van der Waals surface area contributed by atoms with E-state index in [0.717, 1.165) is 80.4 Å². The maximum Gasteiger partial charge on any atom is 0.410 e. The number of ether oxygens (including phenoxy) is 1. The van der Waals surface area contributed by atoms with Gasteiger partial charge in [0.25, 0.3) is 0 Å². The summed E-state index contributed by atoms with van der Waals surface area (Å²) in [6.07, 6.45) is 13.9. The number of imidazole rings is 1. The summed E-state index contributed by atoms with van der Waals surface area (Å²) in [4.78, 5) is 43.8. The van der Waals surface area contributed by atoms with Gasteiger partial charge in [0, 0.05) is 56.7 Å². The highest BCUT2D eigenvalue weighted by Gasteiger charge is 2.43. The van der Waals surface area contributed by atoms with Crippen molar-refractivity contribution in [1.29, 1.82) is 0 Å². The lowest BCUT2D eigenvalue weighted by atomic mass is 9.94. The van der Waals surface area contributed by atoms with E-state index in [2.05, 4.69) is 26.7 Å². The Morgan fingerprint density at radius 2 is 1.72 bits per heavy atom. The first-order valence-electron chi connectivity index (χ1n) is 17.2. The summed E-state index contributed by atoms with van der Waals surface area (Å²) >= 11 is 12.9. The number of hydrogen-bond acceptors (Lipinski definition) is 6. The van der Waals surface area contributed by atoms with Crippen LogP contribution in [0.2, 0.25) is 10.0 Å². The number of carbonyl (C=O) groups is 2. The molecule has 1 unspecified atom stereocenters. The molecule has 1 saturated carbocycles. The topological polar surface area (TPSA) is 83.8 Å². The van der Waals surface area contributed by atoms with Crippen LogP contribution in [0.4, 0.5) is 4.79 Å². The monoisotopic (exact) mass is 678 g/mol. The number of nitrogens with zero attached hydrogens (tertiary/aromatic N) is 6. The van der Waals surface area contributed by atoms with Crippen LogP contribution in [0.1, 0.15) is 79.1 Å². The fourth-order valence-corrected chi connectivity index (χ4v) is 8.51. The van der Waals surface area contributed by atoms with Crippen molar-refractivity contribution in [2.45, 2.75) is 89.4 Å². The molecule has 0 spiro atoms. The van der Waals surface area contributed by atoms with Gasteiger partial charge < -0.3 is 14.2 Å². The number of piperazine rings is 1. The van der Waals surface area contributed by atoms with E-state index in [9.17, 15) is 9.59 Å². The Bertz CT molecular complexity index is 1550. The van der Waals surface area contributed by atoms with Crippen molar-refractivity contribution < 1.29 is 14.3 Å². The van der Waals surface area contributed by atoms with Gasteiger partial charge in [-0.15, -0.1) is 0 Å². The number of benzene rings is 1. The Labute approximate surface area is 287 Å². The molecule has 3 fully saturated rings. The largest absolute Gasteiger partial charge is 0.446 e. The van der Waals surface area contributed by atoms with Gasteiger partial charge in [-0.25, -0.2) is 9.78 Å². The molecule has 3 atom stereocenters. The Morgan fingerprint density at radius 3 is 2.53 bits per heavy atom. The molecule has 0 N–H and O–H groups in total. The molecule has 4 aliphatic rings. The summed E-state index contributed by atoms with van der Waals surface area (Å²) in [7, 11) is 0. The van der Waals surface area contributed by atoms with E-state index in [0.29, 0.717) is 48.7 Å². The van der Waals surface area contributed by atoms with Gasteiger partial charge in [-0.3, -0.25) is 19.6 Å². The van der Waals surface area contributed by atoms with Crippen molar-refractivity contribution in [2.75, 3.05) is 32.7 Å². The number of aryl methyl sites for hydroxylation is 3. The third-order valence-electron chi connectivity index (χ3n) is 10.5. The number of pyridine rings is 1. The number of amides is 2. The molecule has 2 saturated heterocycles. The van der Waals surface area contributed by atoms with Gasteiger partial charge in [-0.1, -0.05) is 35.7 Å². The molecule has 2 aliphatic carbocycles. The standard InChI is InChI=1S/C36H44Cl2N6O3/c1-24-19-41(23-40-24)20-25-6-5-13-43(21-25)35(45)32-22-42(14-15-44(32)36(46)47-30-7-3-2-4-8-30)34-31-12-11-28(37)16-26(31)9-10-27-17-29(38)18-39-33(27)34/h11-12,16-19,23,25,30,32,34H,2-10,13-15,20-22H2,1H3/t25-,32-,34?/m1/s1. The second-order valence-corrected chi connectivity index (χ2v) is 14.7. The van der Waals surface area contributed by atoms with E-state index in [-0.39, 0.29) is 24.1 Å². The Morgan fingerprint density at radius 1 is 0.915 bits per heavy atom. The van der Waals surface area contributed by atoms with Crippen LogP contribution in [0.25, 0.3) is 0 Å². The van der Waals surface area contributed by atoms with E-state index in [1.165, 1.54) is 12.0 Å². The van der Waals surface area contributed by atoms with Crippen LogP contribution in [-0.4, -0.2) is 86.1 Å². The van der Waals surface area contributed by atoms with Crippen LogP contribution >= 0.6 is 23.2 Å². The first-order valence-corrected chi connectivity index (χ1v) is 18.0. The van der Waals surface area contributed by atoms with E-state index < -0.39 is 6.04 Å². The first kappa shape index (κ1) is 32.4. The normalized spacial score (nSPS) is 23.9. The van der Waals surface area contributed by atoms with Gasteiger partial charge in [-0.05, 0) is 99.1 Å². The average molecular weight is 680 g/mol. The molecule has 2 amide bonds. The number of piperidine rings is 1. The molecule has 250 valence electrons. The van der Waals surface area contributed by atoms with Crippen molar-refractivity contribution in [1.82, 2.24) is 29.2 Å². The molecule has 0 bridgehead atoms. The molecule has 47 heavy (non-hydrogen) atoms. The first-order chi connectivity index (χ1) is 22.8. The Kier molecular flexibility index (Phi) is 9.76. The Balaban J connectivity index is 1.18.